The third-order valence-corrected chi connectivity index (χ3v) is 3.08. The monoisotopic (exact) mass is 284 g/mol. The highest BCUT2D eigenvalue weighted by molar-refractivity contribution is 6.30. The molecule has 0 unspecified atom stereocenters. The van der Waals surface area contributed by atoms with Crippen LogP contribution < -0.4 is 5.73 Å². The summed E-state index contributed by atoms with van der Waals surface area (Å²) in [5.74, 6) is 0.746. The van der Waals surface area contributed by atoms with E-state index in [2.05, 4.69) is 11.2 Å². The summed E-state index contributed by atoms with van der Waals surface area (Å²) in [6.45, 7) is 0. The summed E-state index contributed by atoms with van der Waals surface area (Å²) in [4.78, 5) is 0. The Morgan fingerprint density at radius 1 is 1.30 bits per heavy atom. The number of hydrogen-bond acceptors (Lipinski definition) is 4. The summed E-state index contributed by atoms with van der Waals surface area (Å²) in [6, 6.07) is 12.6. The molecule has 2 heterocycles. The summed E-state index contributed by atoms with van der Waals surface area (Å²) in [7, 11) is 0. The molecule has 3 rings (SSSR count). The van der Waals surface area contributed by atoms with Crippen LogP contribution in [-0.4, -0.2) is 9.78 Å². The Morgan fingerprint density at radius 3 is 2.80 bits per heavy atom. The minimum Gasteiger partial charge on any atom is -0.463 e. The molecule has 0 aliphatic rings. The van der Waals surface area contributed by atoms with Gasteiger partial charge in [0, 0.05) is 5.02 Å². The first-order valence-corrected chi connectivity index (χ1v) is 6.17. The molecule has 2 N–H and O–H groups in total. The lowest BCUT2D eigenvalue weighted by Gasteiger charge is -2.03. The standard InChI is InChI=1S/C14H9ClN4O/c15-9-3-1-4-10(7-9)19-14(17)11(8-16)13(18-19)12-5-2-6-20-12/h1-7H,17H2. The van der Waals surface area contributed by atoms with Crippen LogP contribution in [0, 0.1) is 11.3 Å². The molecule has 0 aliphatic heterocycles. The lowest BCUT2D eigenvalue weighted by Crippen LogP contribution is -2.02. The summed E-state index contributed by atoms with van der Waals surface area (Å²) in [6.07, 6.45) is 1.52. The first-order chi connectivity index (χ1) is 9.70. The van der Waals surface area contributed by atoms with E-state index in [1.165, 1.54) is 10.9 Å². The Labute approximate surface area is 119 Å². The van der Waals surface area contributed by atoms with Crippen LogP contribution in [-0.2, 0) is 0 Å². The van der Waals surface area contributed by atoms with Crippen LogP contribution in [0.5, 0.6) is 0 Å². The van der Waals surface area contributed by atoms with E-state index in [0.29, 0.717) is 22.2 Å². The van der Waals surface area contributed by atoms with Gasteiger partial charge in [0.15, 0.2) is 5.76 Å². The molecule has 0 aliphatic carbocycles. The van der Waals surface area contributed by atoms with Crippen molar-refractivity contribution in [1.82, 2.24) is 9.78 Å². The molecule has 0 bridgehead atoms. The Kier molecular flexibility index (Phi) is 2.93. The number of anilines is 1. The third kappa shape index (κ3) is 1.92. The molecule has 0 radical (unpaired) electrons. The van der Waals surface area contributed by atoms with E-state index in [4.69, 9.17) is 21.8 Å². The maximum absolute atomic E-state index is 9.26. The number of nitrogens with two attached hydrogens (primary N) is 1. The maximum Gasteiger partial charge on any atom is 0.155 e. The first-order valence-electron chi connectivity index (χ1n) is 5.79. The van der Waals surface area contributed by atoms with E-state index < -0.39 is 0 Å². The number of rotatable bonds is 2. The molecule has 0 fully saturated rings. The Morgan fingerprint density at radius 2 is 2.15 bits per heavy atom. The van der Waals surface area contributed by atoms with Gasteiger partial charge in [0.2, 0.25) is 0 Å². The van der Waals surface area contributed by atoms with Gasteiger partial charge in [-0.25, -0.2) is 4.68 Å². The maximum atomic E-state index is 9.26. The lowest BCUT2D eigenvalue weighted by atomic mass is 10.2. The van der Waals surface area contributed by atoms with Crippen molar-refractivity contribution in [3.05, 3.63) is 53.2 Å². The fourth-order valence-corrected chi connectivity index (χ4v) is 2.12. The SMILES string of the molecule is N#Cc1c(-c2ccco2)nn(-c2cccc(Cl)c2)c1N. The van der Waals surface area contributed by atoms with E-state index >= 15 is 0 Å². The topological polar surface area (TPSA) is 80.8 Å². The van der Waals surface area contributed by atoms with Gasteiger partial charge in [-0.05, 0) is 30.3 Å². The number of nitriles is 1. The molecule has 98 valence electrons. The molecule has 1 aromatic carbocycles. The van der Waals surface area contributed by atoms with Crippen LogP contribution in [0.25, 0.3) is 17.1 Å². The number of aromatic nitrogens is 2. The number of nitrogens with zero attached hydrogens (tertiary/aromatic N) is 3. The van der Waals surface area contributed by atoms with Crippen molar-refractivity contribution >= 4 is 17.4 Å². The third-order valence-electron chi connectivity index (χ3n) is 2.84. The zero-order chi connectivity index (χ0) is 14.1. The number of nitrogen functional groups attached to an aromatic ring is 1. The van der Waals surface area contributed by atoms with Crippen molar-refractivity contribution in [2.24, 2.45) is 0 Å². The molecule has 2 aromatic heterocycles. The van der Waals surface area contributed by atoms with Gasteiger partial charge in [-0.3, -0.25) is 0 Å². The van der Waals surface area contributed by atoms with E-state index in [0.717, 1.165) is 0 Å². The highest BCUT2D eigenvalue weighted by Gasteiger charge is 2.19. The predicted octanol–water partition coefficient (Wildman–Crippen LogP) is 3.24. The van der Waals surface area contributed by atoms with Gasteiger partial charge >= 0.3 is 0 Å². The van der Waals surface area contributed by atoms with Crippen molar-refractivity contribution in [2.75, 3.05) is 5.73 Å². The molecular weight excluding hydrogens is 276 g/mol. The van der Waals surface area contributed by atoms with Crippen LogP contribution in [0.15, 0.2) is 47.1 Å². The van der Waals surface area contributed by atoms with Crippen molar-refractivity contribution in [3.8, 4) is 23.2 Å². The zero-order valence-electron chi connectivity index (χ0n) is 10.2. The van der Waals surface area contributed by atoms with E-state index in [-0.39, 0.29) is 11.4 Å². The number of halogens is 1. The van der Waals surface area contributed by atoms with Gasteiger partial charge in [-0.2, -0.15) is 10.4 Å². The zero-order valence-corrected chi connectivity index (χ0v) is 11.0. The Balaban J connectivity index is 2.22. The average molecular weight is 285 g/mol. The molecule has 20 heavy (non-hydrogen) atoms. The van der Waals surface area contributed by atoms with E-state index in [9.17, 15) is 5.26 Å². The summed E-state index contributed by atoms with van der Waals surface area (Å²) in [5.41, 5.74) is 7.37. The molecule has 6 heteroatoms. The van der Waals surface area contributed by atoms with Gasteiger partial charge < -0.3 is 10.2 Å². The highest BCUT2D eigenvalue weighted by atomic mass is 35.5. The summed E-state index contributed by atoms with van der Waals surface area (Å²) in [5, 5.41) is 14.2. The summed E-state index contributed by atoms with van der Waals surface area (Å²) >= 11 is 5.96. The van der Waals surface area contributed by atoms with Crippen LogP contribution in [0.2, 0.25) is 5.02 Å². The van der Waals surface area contributed by atoms with Crippen molar-refractivity contribution in [1.29, 1.82) is 5.26 Å². The van der Waals surface area contributed by atoms with Crippen LogP contribution in [0.3, 0.4) is 0 Å². The van der Waals surface area contributed by atoms with Crippen LogP contribution >= 0.6 is 11.6 Å². The van der Waals surface area contributed by atoms with Crippen molar-refractivity contribution in [2.45, 2.75) is 0 Å². The summed E-state index contributed by atoms with van der Waals surface area (Å²) < 4.78 is 6.76. The lowest BCUT2D eigenvalue weighted by molar-refractivity contribution is 0.579. The largest absolute Gasteiger partial charge is 0.463 e. The van der Waals surface area contributed by atoms with Crippen LogP contribution in [0.4, 0.5) is 5.82 Å². The fraction of sp³-hybridized carbons (Fsp3) is 0. The molecule has 3 aromatic rings. The highest BCUT2D eigenvalue weighted by Crippen LogP contribution is 2.29. The molecule has 5 nitrogen and oxygen atoms in total. The molecule has 0 saturated carbocycles. The first kappa shape index (κ1) is 12.3. The molecular formula is C14H9ClN4O. The van der Waals surface area contributed by atoms with Gasteiger partial charge in [0.1, 0.15) is 23.1 Å². The van der Waals surface area contributed by atoms with E-state index in [1.54, 1.807) is 30.3 Å². The van der Waals surface area contributed by atoms with E-state index in [1.807, 2.05) is 6.07 Å². The normalized spacial score (nSPS) is 10.4. The Hall–Kier alpha value is -2.71. The van der Waals surface area contributed by atoms with Crippen molar-refractivity contribution in [3.63, 3.8) is 0 Å². The van der Waals surface area contributed by atoms with Gasteiger partial charge in [0.25, 0.3) is 0 Å². The molecule has 0 amide bonds. The van der Waals surface area contributed by atoms with Crippen LogP contribution in [0.1, 0.15) is 5.56 Å². The predicted molar refractivity (Wildman–Crippen MR) is 75.4 cm³/mol. The Bertz CT molecular complexity index is 799. The number of furan rings is 1. The number of hydrogen-bond donors (Lipinski definition) is 1. The second-order valence-electron chi connectivity index (χ2n) is 4.09. The second-order valence-corrected chi connectivity index (χ2v) is 4.53. The molecule has 0 saturated heterocycles. The number of benzene rings is 1. The molecule has 0 spiro atoms. The quantitative estimate of drug-likeness (QED) is 0.783. The van der Waals surface area contributed by atoms with Gasteiger partial charge in [-0.1, -0.05) is 17.7 Å². The van der Waals surface area contributed by atoms with Crippen molar-refractivity contribution < 1.29 is 4.42 Å². The second kappa shape index (κ2) is 4.76. The minimum atomic E-state index is 0.251. The van der Waals surface area contributed by atoms with Gasteiger partial charge in [-0.15, -0.1) is 0 Å². The molecule has 0 atom stereocenters. The smallest absolute Gasteiger partial charge is 0.155 e. The fourth-order valence-electron chi connectivity index (χ4n) is 1.93. The average Bonchev–Trinajstić information content (AvgIpc) is 3.05. The van der Waals surface area contributed by atoms with Gasteiger partial charge in [0.05, 0.1) is 12.0 Å². The minimum absolute atomic E-state index is 0.251.